The van der Waals surface area contributed by atoms with E-state index in [1.54, 1.807) is 0 Å². The van der Waals surface area contributed by atoms with Crippen LogP contribution in [-0.2, 0) is 4.84 Å². The number of para-hydroxylation sites is 1. The second-order valence-corrected chi connectivity index (χ2v) is 6.88. The number of benzene rings is 2. The first-order valence-corrected chi connectivity index (χ1v) is 10.2. The third-order valence-electron chi connectivity index (χ3n) is 4.65. The van der Waals surface area contributed by atoms with Crippen LogP contribution in [0.3, 0.4) is 0 Å². The molecule has 0 saturated heterocycles. The molecule has 0 aliphatic heterocycles. The fraction of sp³-hybridized carbons (Fsp3) is 0.280. The Kier molecular flexibility index (Phi) is 7.81. The number of pyridine rings is 1. The third-order valence-corrected chi connectivity index (χ3v) is 4.65. The van der Waals surface area contributed by atoms with Crippen LogP contribution in [0.1, 0.15) is 37.3 Å². The third kappa shape index (κ3) is 6.18. The van der Waals surface area contributed by atoms with Crippen LogP contribution in [0.4, 0.5) is 0 Å². The average molecular weight is 389 g/mol. The minimum atomic E-state index is 0.413. The molecule has 0 bridgehead atoms. The van der Waals surface area contributed by atoms with Crippen LogP contribution < -0.4 is 4.74 Å². The second-order valence-electron chi connectivity index (χ2n) is 6.88. The molecule has 1 aromatic heterocycles. The van der Waals surface area contributed by atoms with E-state index >= 15 is 0 Å². The molecule has 0 saturated carbocycles. The van der Waals surface area contributed by atoms with Gasteiger partial charge in [0.15, 0.2) is 6.61 Å². The van der Waals surface area contributed by atoms with Crippen molar-refractivity contribution in [1.82, 2.24) is 4.98 Å². The summed E-state index contributed by atoms with van der Waals surface area (Å²) < 4.78 is 5.77. The molecular weight excluding hydrogens is 360 g/mol. The lowest BCUT2D eigenvalue weighted by Gasteiger charge is -2.10. The zero-order valence-electron chi connectivity index (χ0n) is 17.2. The standard InChI is InChI=1S/C25H28N2O2/c1-3-4-10-24(27-29-19-18-28-25-12-6-5-9-20(25)2)22-15-13-21(14-16-22)23-11-7-8-17-26-23/h5-9,11-17H,3-4,10,18-19H2,1-2H3/b27-24+. The molecule has 0 atom stereocenters. The smallest absolute Gasteiger partial charge is 0.151 e. The molecule has 4 heteroatoms. The van der Waals surface area contributed by atoms with Gasteiger partial charge in [-0.2, -0.15) is 0 Å². The number of ether oxygens (including phenoxy) is 1. The predicted molar refractivity (Wildman–Crippen MR) is 118 cm³/mol. The zero-order chi connectivity index (χ0) is 20.3. The van der Waals surface area contributed by atoms with Gasteiger partial charge in [0.1, 0.15) is 12.4 Å². The summed E-state index contributed by atoms with van der Waals surface area (Å²) in [5.74, 6) is 0.886. The van der Waals surface area contributed by atoms with Crippen molar-refractivity contribution >= 4 is 5.71 Å². The first kappa shape index (κ1) is 20.6. The van der Waals surface area contributed by atoms with Crippen molar-refractivity contribution in [2.45, 2.75) is 33.1 Å². The highest BCUT2D eigenvalue weighted by Gasteiger charge is 2.06. The molecule has 0 fully saturated rings. The fourth-order valence-corrected chi connectivity index (χ4v) is 2.98. The van der Waals surface area contributed by atoms with E-state index in [-0.39, 0.29) is 0 Å². The summed E-state index contributed by atoms with van der Waals surface area (Å²) in [6, 6.07) is 22.3. The number of aromatic nitrogens is 1. The van der Waals surface area contributed by atoms with Crippen LogP contribution in [0.5, 0.6) is 5.75 Å². The SMILES string of the molecule is CCCC/C(=N\OCCOc1ccccc1C)c1ccc(-c2ccccn2)cc1. The molecule has 0 N–H and O–H groups in total. The number of unbranched alkanes of at least 4 members (excludes halogenated alkanes) is 1. The first-order valence-electron chi connectivity index (χ1n) is 10.2. The molecule has 3 rings (SSSR count). The molecule has 3 aromatic rings. The maximum atomic E-state index is 5.77. The Hall–Kier alpha value is -3.14. The van der Waals surface area contributed by atoms with Gasteiger partial charge in [0.2, 0.25) is 0 Å². The Labute approximate surface area is 173 Å². The van der Waals surface area contributed by atoms with E-state index in [9.17, 15) is 0 Å². The largest absolute Gasteiger partial charge is 0.490 e. The van der Waals surface area contributed by atoms with Gasteiger partial charge in [0, 0.05) is 11.8 Å². The van der Waals surface area contributed by atoms with Crippen molar-refractivity contribution in [1.29, 1.82) is 0 Å². The van der Waals surface area contributed by atoms with E-state index in [1.807, 2.05) is 55.6 Å². The predicted octanol–water partition coefficient (Wildman–Crippen LogP) is 6.05. The number of hydrogen-bond acceptors (Lipinski definition) is 4. The van der Waals surface area contributed by atoms with Gasteiger partial charge in [-0.25, -0.2) is 0 Å². The molecule has 1 heterocycles. The normalized spacial score (nSPS) is 11.3. The lowest BCUT2D eigenvalue weighted by atomic mass is 10.0. The molecule has 2 aromatic carbocycles. The monoisotopic (exact) mass is 388 g/mol. The van der Waals surface area contributed by atoms with Crippen LogP contribution in [0, 0.1) is 6.92 Å². The summed E-state index contributed by atoms with van der Waals surface area (Å²) in [6.45, 7) is 5.09. The van der Waals surface area contributed by atoms with Crippen LogP contribution in [-0.4, -0.2) is 23.9 Å². The lowest BCUT2D eigenvalue weighted by Crippen LogP contribution is -2.08. The summed E-state index contributed by atoms with van der Waals surface area (Å²) in [6.07, 6.45) is 4.88. The maximum absolute atomic E-state index is 5.77. The molecular formula is C25H28N2O2. The minimum Gasteiger partial charge on any atom is -0.490 e. The van der Waals surface area contributed by atoms with Gasteiger partial charge in [0.05, 0.1) is 11.4 Å². The highest BCUT2D eigenvalue weighted by Crippen LogP contribution is 2.19. The summed E-state index contributed by atoms with van der Waals surface area (Å²) in [7, 11) is 0. The van der Waals surface area contributed by atoms with Crippen molar-refractivity contribution < 1.29 is 9.57 Å². The molecule has 4 nitrogen and oxygen atoms in total. The van der Waals surface area contributed by atoms with Crippen molar-refractivity contribution in [3.05, 3.63) is 84.1 Å². The zero-order valence-corrected chi connectivity index (χ0v) is 17.2. The Morgan fingerprint density at radius 1 is 0.931 bits per heavy atom. The first-order chi connectivity index (χ1) is 14.3. The summed E-state index contributed by atoms with van der Waals surface area (Å²) >= 11 is 0. The Morgan fingerprint density at radius 3 is 2.45 bits per heavy atom. The summed E-state index contributed by atoms with van der Waals surface area (Å²) in [5.41, 5.74) is 5.23. The van der Waals surface area contributed by atoms with Crippen LogP contribution in [0.2, 0.25) is 0 Å². The quantitative estimate of drug-likeness (QED) is 0.241. The van der Waals surface area contributed by atoms with Crippen molar-refractivity contribution in [3.8, 4) is 17.0 Å². The molecule has 0 radical (unpaired) electrons. The molecule has 0 amide bonds. The van der Waals surface area contributed by atoms with E-state index in [1.165, 1.54) is 0 Å². The number of aryl methyl sites for hydroxylation is 1. The van der Waals surface area contributed by atoms with Crippen molar-refractivity contribution in [2.24, 2.45) is 5.16 Å². The maximum Gasteiger partial charge on any atom is 0.151 e. The Balaban J connectivity index is 1.60. The van der Waals surface area contributed by atoms with E-state index in [0.29, 0.717) is 13.2 Å². The molecule has 0 aliphatic carbocycles. The Morgan fingerprint density at radius 2 is 1.72 bits per heavy atom. The summed E-state index contributed by atoms with van der Waals surface area (Å²) in [4.78, 5) is 9.98. The van der Waals surface area contributed by atoms with Gasteiger partial charge < -0.3 is 9.57 Å². The second kappa shape index (κ2) is 11.0. The molecule has 29 heavy (non-hydrogen) atoms. The lowest BCUT2D eigenvalue weighted by molar-refractivity contribution is 0.106. The number of oxime groups is 1. The molecule has 0 spiro atoms. The number of rotatable bonds is 10. The molecule has 150 valence electrons. The number of hydrogen-bond donors (Lipinski definition) is 0. The van der Waals surface area contributed by atoms with E-state index in [4.69, 9.17) is 9.57 Å². The fourth-order valence-electron chi connectivity index (χ4n) is 2.98. The van der Waals surface area contributed by atoms with E-state index in [0.717, 1.165) is 53.1 Å². The van der Waals surface area contributed by atoms with Crippen LogP contribution in [0.25, 0.3) is 11.3 Å². The highest BCUT2D eigenvalue weighted by molar-refractivity contribution is 6.00. The molecule has 0 aliphatic rings. The molecule has 0 unspecified atom stereocenters. The van der Waals surface area contributed by atoms with Gasteiger partial charge in [-0.15, -0.1) is 0 Å². The van der Waals surface area contributed by atoms with Crippen molar-refractivity contribution in [2.75, 3.05) is 13.2 Å². The van der Waals surface area contributed by atoms with Gasteiger partial charge in [0.25, 0.3) is 0 Å². The van der Waals surface area contributed by atoms with Crippen LogP contribution in [0.15, 0.2) is 78.1 Å². The van der Waals surface area contributed by atoms with E-state index in [2.05, 4.69) is 41.3 Å². The number of nitrogens with zero attached hydrogens (tertiary/aromatic N) is 2. The van der Waals surface area contributed by atoms with Crippen LogP contribution >= 0.6 is 0 Å². The average Bonchev–Trinajstić information content (AvgIpc) is 2.77. The van der Waals surface area contributed by atoms with Gasteiger partial charge in [-0.05, 0) is 49.1 Å². The van der Waals surface area contributed by atoms with E-state index < -0.39 is 0 Å². The Bertz CT molecular complexity index is 906. The topological polar surface area (TPSA) is 43.7 Å². The van der Waals surface area contributed by atoms with Crippen molar-refractivity contribution in [3.63, 3.8) is 0 Å². The highest BCUT2D eigenvalue weighted by atomic mass is 16.6. The summed E-state index contributed by atoms with van der Waals surface area (Å²) in [5, 5.41) is 4.41. The van der Waals surface area contributed by atoms with Gasteiger partial charge in [-0.3, -0.25) is 4.98 Å². The van der Waals surface area contributed by atoms with Gasteiger partial charge in [-0.1, -0.05) is 67.0 Å². The minimum absolute atomic E-state index is 0.413. The van der Waals surface area contributed by atoms with Gasteiger partial charge >= 0.3 is 0 Å².